The Morgan fingerprint density at radius 2 is 1.54 bits per heavy atom. The largest absolute Gasteiger partial charge is 0.376 e. The number of anilines is 1. The monoisotopic (exact) mass is 376 g/mol. The van der Waals surface area contributed by atoms with Crippen LogP contribution in [0, 0.1) is 0 Å². The Hall–Kier alpha value is -2.39. The molecule has 1 aliphatic rings. The van der Waals surface area contributed by atoms with Crippen molar-refractivity contribution in [1.29, 1.82) is 0 Å². The summed E-state index contributed by atoms with van der Waals surface area (Å²) in [4.78, 5) is 4.95. The van der Waals surface area contributed by atoms with Gasteiger partial charge in [-0.05, 0) is 35.4 Å². The number of rotatable bonds is 2. The number of aliphatic imine (C=N–C) groups is 1. The van der Waals surface area contributed by atoms with Gasteiger partial charge in [-0.1, -0.05) is 70.5 Å². The molecule has 1 aliphatic heterocycles. The molecular weight excluding hydrogens is 360 g/mol. The molecule has 1 atom stereocenters. The number of halogens is 1. The molecule has 2 nitrogen and oxygen atoms in total. The highest BCUT2D eigenvalue weighted by atomic mass is 79.9. The lowest BCUT2D eigenvalue weighted by Crippen LogP contribution is -2.14. The summed E-state index contributed by atoms with van der Waals surface area (Å²) in [6.45, 7) is 0. The standard InChI is InChI=1S/C21H17BrN2/c22-17-12-10-16(11-13-17)21-14-20(15-6-2-1-3-7-15)23-18-8-4-5-9-19(18)24-21/h1-13,21,24H,14H2/t21-/m1/s1. The Kier molecular flexibility index (Phi) is 4.18. The van der Waals surface area contributed by atoms with Crippen LogP contribution < -0.4 is 5.32 Å². The number of nitrogens with one attached hydrogen (secondary N) is 1. The minimum absolute atomic E-state index is 0.195. The van der Waals surface area contributed by atoms with E-state index < -0.39 is 0 Å². The normalized spacial score (nSPS) is 16.5. The first-order valence-corrected chi connectivity index (χ1v) is 8.83. The highest BCUT2D eigenvalue weighted by molar-refractivity contribution is 9.10. The molecule has 1 heterocycles. The zero-order valence-electron chi connectivity index (χ0n) is 13.1. The van der Waals surface area contributed by atoms with Crippen LogP contribution in [0.4, 0.5) is 11.4 Å². The van der Waals surface area contributed by atoms with Crippen LogP contribution in [0.25, 0.3) is 0 Å². The van der Waals surface area contributed by atoms with Gasteiger partial charge >= 0.3 is 0 Å². The van der Waals surface area contributed by atoms with Gasteiger partial charge in [0.25, 0.3) is 0 Å². The molecule has 24 heavy (non-hydrogen) atoms. The van der Waals surface area contributed by atoms with Crippen LogP contribution in [-0.4, -0.2) is 5.71 Å². The summed E-state index contributed by atoms with van der Waals surface area (Å²) >= 11 is 3.52. The third-order valence-corrected chi connectivity index (χ3v) is 4.79. The van der Waals surface area contributed by atoms with Crippen molar-refractivity contribution in [2.24, 2.45) is 4.99 Å². The first-order valence-electron chi connectivity index (χ1n) is 8.03. The van der Waals surface area contributed by atoms with E-state index in [0.717, 1.165) is 28.0 Å². The zero-order valence-corrected chi connectivity index (χ0v) is 14.7. The number of para-hydroxylation sites is 2. The first kappa shape index (κ1) is 15.2. The van der Waals surface area contributed by atoms with Crippen molar-refractivity contribution in [3.8, 4) is 0 Å². The van der Waals surface area contributed by atoms with Crippen LogP contribution in [0.15, 0.2) is 88.3 Å². The summed E-state index contributed by atoms with van der Waals surface area (Å²) in [6, 6.07) is 27.4. The summed E-state index contributed by atoms with van der Waals surface area (Å²) in [5.41, 5.74) is 5.63. The number of fused-ring (bicyclic) bond motifs is 1. The maximum absolute atomic E-state index is 4.95. The van der Waals surface area contributed by atoms with E-state index in [4.69, 9.17) is 4.99 Å². The Bertz CT molecular complexity index is 870. The SMILES string of the molecule is Brc1ccc([C@H]2CC(c3ccccc3)=Nc3ccccc3N2)cc1. The zero-order chi connectivity index (χ0) is 16.4. The van der Waals surface area contributed by atoms with Crippen LogP contribution in [0.2, 0.25) is 0 Å². The molecule has 1 N–H and O–H groups in total. The van der Waals surface area contributed by atoms with Crippen molar-refractivity contribution in [1.82, 2.24) is 0 Å². The lowest BCUT2D eigenvalue weighted by Gasteiger charge is -2.19. The maximum Gasteiger partial charge on any atom is 0.0864 e. The molecule has 0 saturated carbocycles. The molecule has 0 fully saturated rings. The fourth-order valence-electron chi connectivity index (χ4n) is 3.03. The lowest BCUT2D eigenvalue weighted by atomic mass is 9.97. The van der Waals surface area contributed by atoms with Gasteiger partial charge in [0, 0.05) is 10.9 Å². The second kappa shape index (κ2) is 6.62. The second-order valence-electron chi connectivity index (χ2n) is 5.89. The number of benzene rings is 3. The van der Waals surface area contributed by atoms with Gasteiger partial charge in [0.1, 0.15) is 0 Å². The molecule has 118 valence electrons. The average molecular weight is 377 g/mol. The minimum Gasteiger partial charge on any atom is -0.376 e. The molecule has 0 unspecified atom stereocenters. The van der Waals surface area contributed by atoms with Crippen LogP contribution in [-0.2, 0) is 0 Å². The van der Waals surface area contributed by atoms with Gasteiger partial charge in [-0.25, -0.2) is 0 Å². The van der Waals surface area contributed by atoms with Crippen molar-refractivity contribution < 1.29 is 0 Å². The molecule has 0 bridgehead atoms. The van der Waals surface area contributed by atoms with Gasteiger partial charge in [-0.15, -0.1) is 0 Å². The van der Waals surface area contributed by atoms with Crippen molar-refractivity contribution in [2.45, 2.75) is 12.5 Å². The van der Waals surface area contributed by atoms with Crippen LogP contribution in [0.3, 0.4) is 0 Å². The second-order valence-corrected chi connectivity index (χ2v) is 6.81. The van der Waals surface area contributed by atoms with Crippen molar-refractivity contribution in [3.63, 3.8) is 0 Å². The third kappa shape index (κ3) is 3.13. The molecule has 0 spiro atoms. The summed E-state index contributed by atoms with van der Waals surface area (Å²) in [7, 11) is 0. The Morgan fingerprint density at radius 3 is 2.33 bits per heavy atom. The Morgan fingerprint density at radius 1 is 0.833 bits per heavy atom. The van der Waals surface area contributed by atoms with E-state index in [-0.39, 0.29) is 6.04 Å². The lowest BCUT2D eigenvalue weighted by molar-refractivity contribution is 0.828. The summed E-state index contributed by atoms with van der Waals surface area (Å²) < 4.78 is 1.09. The summed E-state index contributed by atoms with van der Waals surface area (Å²) in [6.07, 6.45) is 0.848. The van der Waals surface area contributed by atoms with E-state index in [9.17, 15) is 0 Å². The number of nitrogens with zero attached hydrogens (tertiary/aromatic N) is 1. The van der Waals surface area contributed by atoms with Gasteiger partial charge in [-0.3, -0.25) is 4.99 Å². The third-order valence-electron chi connectivity index (χ3n) is 4.27. The van der Waals surface area contributed by atoms with E-state index in [1.54, 1.807) is 0 Å². The van der Waals surface area contributed by atoms with Gasteiger partial charge in [0.2, 0.25) is 0 Å². The molecule has 4 rings (SSSR count). The van der Waals surface area contributed by atoms with Crippen LogP contribution >= 0.6 is 15.9 Å². The van der Waals surface area contributed by atoms with Gasteiger partial charge in [-0.2, -0.15) is 0 Å². The van der Waals surface area contributed by atoms with E-state index in [1.807, 2.05) is 18.2 Å². The molecule has 0 aromatic heterocycles. The number of hydrogen-bond donors (Lipinski definition) is 1. The van der Waals surface area contributed by atoms with E-state index in [2.05, 4.69) is 81.9 Å². The quantitative estimate of drug-likeness (QED) is 0.571. The van der Waals surface area contributed by atoms with E-state index in [1.165, 1.54) is 11.1 Å². The van der Waals surface area contributed by atoms with Gasteiger partial charge in [0.15, 0.2) is 0 Å². The van der Waals surface area contributed by atoms with Crippen LogP contribution in [0.1, 0.15) is 23.6 Å². The highest BCUT2D eigenvalue weighted by Crippen LogP contribution is 2.35. The topological polar surface area (TPSA) is 24.4 Å². The Balaban J connectivity index is 1.79. The molecule has 0 aliphatic carbocycles. The molecule has 0 amide bonds. The minimum atomic E-state index is 0.195. The fourth-order valence-corrected chi connectivity index (χ4v) is 3.29. The Labute approximate surface area is 150 Å². The van der Waals surface area contributed by atoms with Crippen LogP contribution in [0.5, 0.6) is 0 Å². The smallest absolute Gasteiger partial charge is 0.0864 e. The van der Waals surface area contributed by atoms with E-state index in [0.29, 0.717) is 0 Å². The molecule has 3 aromatic carbocycles. The average Bonchev–Trinajstić information content (AvgIpc) is 2.83. The predicted octanol–water partition coefficient (Wildman–Crippen LogP) is 6.13. The molecule has 3 heteroatoms. The maximum atomic E-state index is 4.95. The molecule has 0 radical (unpaired) electrons. The summed E-state index contributed by atoms with van der Waals surface area (Å²) in [5, 5.41) is 3.67. The van der Waals surface area contributed by atoms with Crippen molar-refractivity contribution in [3.05, 3.63) is 94.5 Å². The first-order chi connectivity index (χ1) is 11.8. The van der Waals surface area contributed by atoms with Crippen molar-refractivity contribution in [2.75, 3.05) is 5.32 Å². The molecule has 3 aromatic rings. The number of hydrogen-bond acceptors (Lipinski definition) is 2. The van der Waals surface area contributed by atoms with Gasteiger partial charge < -0.3 is 5.32 Å². The van der Waals surface area contributed by atoms with Gasteiger partial charge in [0.05, 0.1) is 23.1 Å². The summed E-state index contributed by atoms with van der Waals surface area (Å²) in [5.74, 6) is 0. The molecular formula is C21H17BrN2. The van der Waals surface area contributed by atoms with Crippen molar-refractivity contribution >= 4 is 33.0 Å². The van der Waals surface area contributed by atoms with E-state index >= 15 is 0 Å². The molecule has 0 saturated heterocycles. The highest BCUT2D eigenvalue weighted by Gasteiger charge is 2.20. The fraction of sp³-hybridized carbons (Fsp3) is 0.0952. The predicted molar refractivity (Wildman–Crippen MR) is 104 cm³/mol.